The van der Waals surface area contributed by atoms with Crippen LogP contribution in [0.5, 0.6) is 0 Å². The molecule has 0 heterocycles. The lowest BCUT2D eigenvalue weighted by molar-refractivity contribution is -0.129. The Bertz CT molecular complexity index is 563. The van der Waals surface area contributed by atoms with Crippen molar-refractivity contribution in [3.8, 4) is 0 Å². The van der Waals surface area contributed by atoms with Crippen molar-refractivity contribution in [2.24, 2.45) is 5.73 Å². The Kier molecular flexibility index (Phi) is 30.6. The zero-order valence-electron chi connectivity index (χ0n) is 24.9. The number of nitrogens with one attached hydrogen (secondary N) is 4. The SMILES string of the molecule is CCCCCCCCCCCCCCCC(=O)N[C@@H](CCCNC(=N)N)C(=O)NCCCCCCCC.Cl. The third-order valence-electron chi connectivity index (χ3n) is 6.97. The highest BCUT2D eigenvalue weighted by Gasteiger charge is 2.19. The minimum atomic E-state index is -0.525. The van der Waals surface area contributed by atoms with Gasteiger partial charge in [0.2, 0.25) is 11.8 Å². The van der Waals surface area contributed by atoms with Crippen LogP contribution in [0.25, 0.3) is 0 Å². The summed E-state index contributed by atoms with van der Waals surface area (Å²) in [7, 11) is 0. The molecule has 0 aliphatic heterocycles. The van der Waals surface area contributed by atoms with Gasteiger partial charge in [0, 0.05) is 19.5 Å². The van der Waals surface area contributed by atoms with Crippen molar-refractivity contribution in [2.75, 3.05) is 13.1 Å². The molecule has 8 heteroatoms. The molecule has 0 aromatic carbocycles. The maximum Gasteiger partial charge on any atom is 0.242 e. The summed E-state index contributed by atoms with van der Waals surface area (Å²) < 4.78 is 0. The van der Waals surface area contributed by atoms with Crippen LogP contribution in [-0.4, -0.2) is 36.9 Å². The van der Waals surface area contributed by atoms with E-state index < -0.39 is 6.04 Å². The summed E-state index contributed by atoms with van der Waals surface area (Å²) in [6.45, 7) is 5.64. The first-order chi connectivity index (χ1) is 18.0. The fourth-order valence-electron chi connectivity index (χ4n) is 4.61. The standard InChI is InChI=1S/C30H61N5O2.ClH/c1-3-5-7-9-11-12-13-14-15-16-17-18-20-24-28(36)35-27(23-22-26-34-30(31)32)29(37)33-25-21-19-10-8-6-4-2;/h27H,3-26H2,1-2H3,(H,33,37)(H,35,36)(H4,31,32,34);1H/t27-;/m0./s1. The second kappa shape index (κ2) is 30.0. The molecule has 6 N–H and O–H groups in total. The molecule has 0 aromatic rings. The minimum Gasteiger partial charge on any atom is -0.370 e. The molecule has 0 saturated heterocycles. The normalized spacial score (nSPS) is 11.4. The maximum absolute atomic E-state index is 12.7. The largest absolute Gasteiger partial charge is 0.370 e. The number of rotatable bonds is 27. The summed E-state index contributed by atoms with van der Waals surface area (Å²) in [5.41, 5.74) is 5.34. The van der Waals surface area contributed by atoms with Gasteiger partial charge in [0.05, 0.1) is 0 Å². The predicted octanol–water partition coefficient (Wildman–Crippen LogP) is 7.11. The third-order valence-corrected chi connectivity index (χ3v) is 6.97. The Morgan fingerprint density at radius 1 is 0.632 bits per heavy atom. The number of hydrogen-bond acceptors (Lipinski definition) is 3. The second-order valence-electron chi connectivity index (χ2n) is 10.7. The molecule has 0 aromatic heterocycles. The molecule has 0 aliphatic carbocycles. The molecule has 0 spiro atoms. The van der Waals surface area contributed by atoms with Crippen LogP contribution in [0.1, 0.15) is 155 Å². The van der Waals surface area contributed by atoms with Gasteiger partial charge in [0.1, 0.15) is 6.04 Å². The molecule has 0 fully saturated rings. The monoisotopic (exact) mass is 559 g/mol. The van der Waals surface area contributed by atoms with Crippen molar-refractivity contribution < 1.29 is 9.59 Å². The second-order valence-corrected chi connectivity index (χ2v) is 10.7. The van der Waals surface area contributed by atoms with E-state index >= 15 is 0 Å². The molecule has 0 rings (SSSR count). The molecule has 226 valence electrons. The van der Waals surface area contributed by atoms with Gasteiger partial charge in [0.15, 0.2) is 5.96 Å². The fourth-order valence-corrected chi connectivity index (χ4v) is 4.61. The van der Waals surface area contributed by atoms with Gasteiger partial charge in [-0.25, -0.2) is 0 Å². The van der Waals surface area contributed by atoms with Gasteiger partial charge in [-0.05, 0) is 25.7 Å². The Hall–Kier alpha value is -1.50. The molecule has 0 saturated carbocycles. The van der Waals surface area contributed by atoms with Gasteiger partial charge >= 0.3 is 0 Å². The van der Waals surface area contributed by atoms with Crippen LogP contribution in [0, 0.1) is 5.41 Å². The van der Waals surface area contributed by atoms with E-state index in [1.807, 2.05) is 0 Å². The van der Waals surface area contributed by atoms with E-state index in [0.717, 1.165) is 25.7 Å². The van der Waals surface area contributed by atoms with Crippen LogP contribution < -0.4 is 21.7 Å². The van der Waals surface area contributed by atoms with Gasteiger partial charge in [-0.15, -0.1) is 12.4 Å². The third kappa shape index (κ3) is 27.5. The van der Waals surface area contributed by atoms with Crippen molar-refractivity contribution in [2.45, 2.75) is 161 Å². The summed E-state index contributed by atoms with van der Waals surface area (Å²) in [6.07, 6.45) is 25.4. The molecule has 7 nitrogen and oxygen atoms in total. The molecule has 0 aliphatic rings. The Morgan fingerprint density at radius 3 is 1.53 bits per heavy atom. The molecule has 0 unspecified atom stereocenters. The van der Waals surface area contributed by atoms with E-state index in [4.69, 9.17) is 11.1 Å². The predicted molar refractivity (Wildman–Crippen MR) is 165 cm³/mol. The lowest BCUT2D eigenvalue weighted by Crippen LogP contribution is -2.47. The van der Waals surface area contributed by atoms with Crippen molar-refractivity contribution in [3.05, 3.63) is 0 Å². The summed E-state index contributed by atoms with van der Waals surface area (Å²) in [4.78, 5) is 25.2. The van der Waals surface area contributed by atoms with Crippen LogP contribution in [0.2, 0.25) is 0 Å². The number of guanidine groups is 1. The molecule has 2 amide bonds. The smallest absolute Gasteiger partial charge is 0.242 e. The molecule has 38 heavy (non-hydrogen) atoms. The summed E-state index contributed by atoms with van der Waals surface area (Å²) in [5.74, 6) is -0.215. The van der Waals surface area contributed by atoms with Gasteiger partial charge in [-0.3, -0.25) is 15.0 Å². The van der Waals surface area contributed by atoms with Crippen molar-refractivity contribution in [1.82, 2.24) is 16.0 Å². The van der Waals surface area contributed by atoms with E-state index in [1.165, 1.54) is 96.3 Å². The fraction of sp³-hybridized carbons (Fsp3) is 0.900. The Labute approximate surface area is 240 Å². The van der Waals surface area contributed by atoms with E-state index in [2.05, 4.69) is 29.8 Å². The number of carbonyl (C=O) groups excluding carboxylic acids is 2. The van der Waals surface area contributed by atoms with Gasteiger partial charge < -0.3 is 21.7 Å². The van der Waals surface area contributed by atoms with Gasteiger partial charge in [-0.2, -0.15) is 0 Å². The maximum atomic E-state index is 12.7. The van der Waals surface area contributed by atoms with Crippen molar-refractivity contribution in [1.29, 1.82) is 5.41 Å². The van der Waals surface area contributed by atoms with E-state index in [1.54, 1.807) is 0 Å². The van der Waals surface area contributed by atoms with Crippen LogP contribution >= 0.6 is 12.4 Å². The van der Waals surface area contributed by atoms with Crippen molar-refractivity contribution >= 4 is 30.2 Å². The van der Waals surface area contributed by atoms with Crippen LogP contribution in [-0.2, 0) is 9.59 Å². The van der Waals surface area contributed by atoms with Gasteiger partial charge in [-0.1, -0.05) is 123 Å². The lowest BCUT2D eigenvalue weighted by Gasteiger charge is -2.19. The molecular weight excluding hydrogens is 498 g/mol. The summed E-state index contributed by atoms with van der Waals surface area (Å²) in [5, 5.41) is 16.0. The first-order valence-electron chi connectivity index (χ1n) is 15.7. The summed E-state index contributed by atoms with van der Waals surface area (Å²) in [6, 6.07) is -0.525. The zero-order chi connectivity index (χ0) is 27.4. The quantitative estimate of drug-likeness (QED) is 0.0418. The highest BCUT2D eigenvalue weighted by atomic mass is 35.5. The highest BCUT2D eigenvalue weighted by molar-refractivity contribution is 5.87. The Morgan fingerprint density at radius 2 is 1.05 bits per heavy atom. The van der Waals surface area contributed by atoms with E-state index in [-0.39, 0.29) is 30.2 Å². The van der Waals surface area contributed by atoms with E-state index in [9.17, 15) is 9.59 Å². The number of nitrogens with two attached hydrogens (primary N) is 1. The molecule has 0 radical (unpaired) electrons. The first kappa shape index (κ1) is 38.6. The molecule has 0 bridgehead atoms. The first-order valence-corrected chi connectivity index (χ1v) is 15.7. The molecular formula is C30H62ClN5O2. The average Bonchev–Trinajstić information content (AvgIpc) is 2.87. The number of carbonyl (C=O) groups is 2. The number of amides is 2. The minimum absolute atomic E-state index is 0. The summed E-state index contributed by atoms with van der Waals surface area (Å²) >= 11 is 0. The number of halogens is 1. The number of hydrogen-bond donors (Lipinski definition) is 5. The Balaban J connectivity index is 0. The lowest BCUT2D eigenvalue weighted by atomic mass is 10.0. The van der Waals surface area contributed by atoms with Crippen LogP contribution in [0.15, 0.2) is 0 Å². The van der Waals surface area contributed by atoms with Crippen LogP contribution in [0.4, 0.5) is 0 Å². The van der Waals surface area contributed by atoms with Gasteiger partial charge in [0.25, 0.3) is 0 Å². The number of unbranched alkanes of at least 4 members (excludes halogenated alkanes) is 17. The highest BCUT2D eigenvalue weighted by Crippen LogP contribution is 2.13. The topological polar surface area (TPSA) is 120 Å². The van der Waals surface area contributed by atoms with Crippen LogP contribution in [0.3, 0.4) is 0 Å². The van der Waals surface area contributed by atoms with Crippen molar-refractivity contribution in [3.63, 3.8) is 0 Å². The zero-order valence-corrected chi connectivity index (χ0v) is 25.7. The molecule has 1 atom stereocenters. The average molecular weight is 560 g/mol. The van der Waals surface area contributed by atoms with E-state index in [0.29, 0.717) is 32.4 Å².